The van der Waals surface area contributed by atoms with E-state index in [9.17, 15) is 14.4 Å². The summed E-state index contributed by atoms with van der Waals surface area (Å²) in [7, 11) is 0. The fraction of sp³-hybridized carbons (Fsp3) is 0.500. The Labute approximate surface area is 122 Å². The summed E-state index contributed by atoms with van der Waals surface area (Å²) >= 11 is 0. The predicted octanol–water partition coefficient (Wildman–Crippen LogP) is 0.608. The van der Waals surface area contributed by atoms with Crippen LogP contribution in [0.5, 0.6) is 0 Å². The highest BCUT2D eigenvalue weighted by atomic mass is 16.5. The molecule has 7 nitrogen and oxygen atoms in total. The molecule has 0 bridgehead atoms. The molecule has 0 aromatic carbocycles. The number of hydrogen-bond donors (Lipinski definition) is 2. The summed E-state index contributed by atoms with van der Waals surface area (Å²) in [6.07, 6.45) is 2.40. The fourth-order valence-electron chi connectivity index (χ4n) is 1.61. The Morgan fingerprint density at radius 1 is 1.33 bits per heavy atom. The summed E-state index contributed by atoms with van der Waals surface area (Å²) in [5.41, 5.74) is 0. The molecule has 1 saturated carbocycles. The van der Waals surface area contributed by atoms with Gasteiger partial charge in [0.15, 0.2) is 11.9 Å². The Kier molecular flexibility index (Phi) is 4.62. The van der Waals surface area contributed by atoms with Crippen molar-refractivity contribution in [3.8, 4) is 0 Å². The Morgan fingerprint density at radius 3 is 2.62 bits per heavy atom. The lowest BCUT2D eigenvalue weighted by Gasteiger charge is -2.17. The van der Waals surface area contributed by atoms with E-state index in [1.54, 1.807) is 6.07 Å². The maximum atomic E-state index is 11.8. The van der Waals surface area contributed by atoms with Gasteiger partial charge < -0.3 is 19.8 Å². The average Bonchev–Trinajstić information content (AvgIpc) is 3.07. The maximum absolute atomic E-state index is 11.8. The number of esters is 1. The van der Waals surface area contributed by atoms with Crippen LogP contribution in [0.3, 0.4) is 0 Å². The molecule has 0 spiro atoms. The summed E-state index contributed by atoms with van der Waals surface area (Å²) in [6, 6.07) is 2.38. The zero-order valence-corrected chi connectivity index (χ0v) is 11.9. The lowest BCUT2D eigenvalue weighted by Crippen LogP contribution is -2.43. The summed E-state index contributed by atoms with van der Waals surface area (Å²) < 4.78 is 9.94. The third-order valence-corrected chi connectivity index (χ3v) is 3.03. The first kappa shape index (κ1) is 15.1. The van der Waals surface area contributed by atoms with E-state index >= 15 is 0 Å². The Bertz CT molecular complexity index is 521. The van der Waals surface area contributed by atoms with Crippen LogP contribution < -0.4 is 10.6 Å². The Hall–Kier alpha value is -2.31. The normalized spacial score (nSPS) is 16.7. The van der Waals surface area contributed by atoms with Crippen molar-refractivity contribution >= 4 is 17.8 Å². The lowest BCUT2D eigenvalue weighted by molar-refractivity contribution is -0.156. The van der Waals surface area contributed by atoms with Crippen molar-refractivity contribution in [2.24, 2.45) is 0 Å². The number of ether oxygens (including phenoxy) is 1. The molecule has 1 aromatic rings. The molecule has 1 aliphatic carbocycles. The van der Waals surface area contributed by atoms with E-state index in [2.05, 4.69) is 10.6 Å². The molecule has 114 valence electrons. The van der Waals surface area contributed by atoms with Gasteiger partial charge in [0.1, 0.15) is 6.04 Å². The number of furan rings is 1. The van der Waals surface area contributed by atoms with E-state index in [-0.39, 0.29) is 17.7 Å². The van der Waals surface area contributed by atoms with Crippen LogP contribution in [0.15, 0.2) is 22.8 Å². The van der Waals surface area contributed by atoms with Crippen LogP contribution in [0.4, 0.5) is 0 Å². The molecule has 0 radical (unpaired) electrons. The SMILES string of the molecule is C[C@@H](NC(=O)c1ccco1)C(=O)O[C@H](C)C(=O)NC1CC1. The molecule has 2 rings (SSSR count). The van der Waals surface area contributed by atoms with Crippen molar-refractivity contribution in [1.29, 1.82) is 0 Å². The molecule has 2 atom stereocenters. The Balaban J connectivity index is 1.78. The van der Waals surface area contributed by atoms with Crippen LogP contribution in [0.25, 0.3) is 0 Å². The first-order chi connectivity index (χ1) is 9.97. The van der Waals surface area contributed by atoms with Gasteiger partial charge in [0.05, 0.1) is 6.26 Å². The van der Waals surface area contributed by atoms with E-state index in [1.807, 2.05) is 0 Å². The Morgan fingerprint density at radius 2 is 2.05 bits per heavy atom. The molecule has 2 N–H and O–H groups in total. The van der Waals surface area contributed by atoms with Crippen molar-refractivity contribution in [1.82, 2.24) is 10.6 Å². The first-order valence-corrected chi connectivity index (χ1v) is 6.82. The lowest BCUT2D eigenvalue weighted by atomic mass is 10.3. The van der Waals surface area contributed by atoms with Gasteiger partial charge in [0, 0.05) is 6.04 Å². The fourth-order valence-corrected chi connectivity index (χ4v) is 1.61. The van der Waals surface area contributed by atoms with Crippen LogP contribution in [0.1, 0.15) is 37.2 Å². The molecule has 2 amide bonds. The molecule has 0 saturated heterocycles. The van der Waals surface area contributed by atoms with Crippen LogP contribution in [-0.4, -0.2) is 36.0 Å². The molecule has 0 aliphatic heterocycles. The first-order valence-electron chi connectivity index (χ1n) is 6.82. The van der Waals surface area contributed by atoms with E-state index in [4.69, 9.17) is 9.15 Å². The van der Waals surface area contributed by atoms with Crippen molar-refractivity contribution in [2.45, 2.75) is 44.9 Å². The number of nitrogens with one attached hydrogen (secondary N) is 2. The minimum absolute atomic E-state index is 0.106. The van der Waals surface area contributed by atoms with Crippen molar-refractivity contribution in [2.75, 3.05) is 0 Å². The molecule has 1 fully saturated rings. The van der Waals surface area contributed by atoms with Gasteiger partial charge in [-0.1, -0.05) is 0 Å². The van der Waals surface area contributed by atoms with Gasteiger partial charge in [-0.15, -0.1) is 0 Å². The van der Waals surface area contributed by atoms with Gasteiger partial charge >= 0.3 is 5.97 Å². The minimum atomic E-state index is -0.888. The standard InChI is InChI=1S/C14H18N2O5/c1-8(15-13(18)11-4-3-7-20-11)14(19)21-9(2)12(17)16-10-5-6-10/h3-4,7-10H,5-6H2,1-2H3,(H,15,18)(H,16,17)/t8-,9-/m1/s1. The van der Waals surface area contributed by atoms with E-state index in [1.165, 1.54) is 26.2 Å². The van der Waals surface area contributed by atoms with E-state index < -0.39 is 24.0 Å². The number of rotatable bonds is 6. The third kappa shape index (κ3) is 4.34. The van der Waals surface area contributed by atoms with Crippen LogP contribution in [0, 0.1) is 0 Å². The summed E-state index contributed by atoms with van der Waals surface area (Å²) in [6.45, 7) is 2.98. The largest absolute Gasteiger partial charge is 0.459 e. The molecule has 1 aliphatic rings. The third-order valence-electron chi connectivity index (χ3n) is 3.03. The van der Waals surface area contributed by atoms with Crippen LogP contribution in [-0.2, 0) is 14.3 Å². The highest BCUT2D eigenvalue weighted by molar-refractivity contribution is 5.94. The quantitative estimate of drug-likeness (QED) is 0.749. The van der Waals surface area contributed by atoms with Crippen molar-refractivity contribution in [3.05, 3.63) is 24.2 Å². The summed E-state index contributed by atoms with van der Waals surface area (Å²) in [5.74, 6) is -1.41. The second-order valence-corrected chi connectivity index (χ2v) is 5.03. The predicted molar refractivity (Wildman–Crippen MR) is 72.4 cm³/mol. The second kappa shape index (κ2) is 6.43. The van der Waals surface area contributed by atoms with E-state index in [0.29, 0.717) is 0 Å². The van der Waals surface area contributed by atoms with Gasteiger partial charge in [-0.05, 0) is 38.8 Å². The molecule has 1 heterocycles. The highest BCUT2D eigenvalue weighted by Crippen LogP contribution is 2.18. The monoisotopic (exact) mass is 294 g/mol. The minimum Gasteiger partial charge on any atom is -0.459 e. The zero-order chi connectivity index (χ0) is 15.4. The highest BCUT2D eigenvalue weighted by Gasteiger charge is 2.28. The van der Waals surface area contributed by atoms with Crippen LogP contribution in [0.2, 0.25) is 0 Å². The molecule has 0 unspecified atom stereocenters. The number of amides is 2. The average molecular weight is 294 g/mol. The summed E-state index contributed by atoms with van der Waals surface area (Å²) in [4.78, 5) is 35.2. The topological polar surface area (TPSA) is 97.6 Å². The maximum Gasteiger partial charge on any atom is 0.329 e. The van der Waals surface area contributed by atoms with Crippen molar-refractivity contribution < 1.29 is 23.5 Å². The molecule has 7 heteroatoms. The molecular weight excluding hydrogens is 276 g/mol. The second-order valence-electron chi connectivity index (χ2n) is 5.03. The van der Waals surface area contributed by atoms with E-state index in [0.717, 1.165) is 12.8 Å². The van der Waals surface area contributed by atoms with Crippen molar-refractivity contribution in [3.63, 3.8) is 0 Å². The number of carbonyl (C=O) groups excluding carboxylic acids is 3. The number of carbonyl (C=O) groups is 3. The molecular formula is C14H18N2O5. The molecule has 21 heavy (non-hydrogen) atoms. The smallest absolute Gasteiger partial charge is 0.329 e. The summed E-state index contributed by atoms with van der Waals surface area (Å²) in [5, 5.41) is 5.18. The van der Waals surface area contributed by atoms with Gasteiger partial charge in [-0.3, -0.25) is 9.59 Å². The zero-order valence-electron chi connectivity index (χ0n) is 11.9. The van der Waals surface area contributed by atoms with Crippen LogP contribution >= 0.6 is 0 Å². The molecule has 1 aromatic heterocycles. The van der Waals surface area contributed by atoms with Gasteiger partial charge in [-0.25, -0.2) is 4.79 Å². The van der Waals surface area contributed by atoms with Gasteiger partial charge in [0.25, 0.3) is 11.8 Å². The number of hydrogen-bond acceptors (Lipinski definition) is 5. The van der Waals surface area contributed by atoms with Gasteiger partial charge in [0.2, 0.25) is 0 Å². The van der Waals surface area contributed by atoms with Gasteiger partial charge in [-0.2, -0.15) is 0 Å².